The molecule has 0 aromatic heterocycles. The van der Waals surface area contributed by atoms with E-state index < -0.39 is 12.0 Å². The minimum atomic E-state index is -0.660. The number of amides is 2. The summed E-state index contributed by atoms with van der Waals surface area (Å²) in [5.74, 6) is 0.624. The number of nitrogens with one attached hydrogen (secondary N) is 2. The third kappa shape index (κ3) is 4.30. The van der Waals surface area contributed by atoms with Gasteiger partial charge in [0, 0.05) is 5.70 Å². The zero-order valence-electron chi connectivity index (χ0n) is 15.3. The summed E-state index contributed by atoms with van der Waals surface area (Å²) in [6.07, 6.45) is 0.860. The minimum Gasteiger partial charge on any atom is -0.490 e. The van der Waals surface area contributed by atoms with Gasteiger partial charge in [0.15, 0.2) is 11.5 Å². The van der Waals surface area contributed by atoms with Crippen LogP contribution in [-0.2, 0) is 9.53 Å². The van der Waals surface area contributed by atoms with Crippen LogP contribution in [0.4, 0.5) is 4.79 Å². The molecule has 0 fully saturated rings. The normalized spacial score (nSPS) is 16.7. The Hall–Kier alpha value is -2.22. The number of esters is 1. The fourth-order valence-corrected chi connectivity index (χ4v) is 3.26. The van der Waals surface area contributed by atoms with Gasteiger partial charge in [-0.3, -0.25) is 0 Å². The first-order valence-corrected chi connectivity index (χ1v) is 9.17. The largest absolute Gasteiger partial charge is 0.490 e. The van der Waals surface area contributed by atoms with E-state index in [1.165, 1.54) is 7.11 Å². The summed E-state index contributed by atoms with van der Waals surface area (Å²) < 4.78 is 17.0. The molecule has 0 saturated carbocycles. The smallest absolute Gasteiger partial charge is 0.337 e. The van der Waals surface area contributed by atoms with Gasteiger partial charge >= 0.3 is 12.0 Å². The van der Waals surface area contributed by atoms with E-state index in [0.717, 1.165) is 6.42 Å². The van der Waals surface area contributed by atoms with Crippen LogP contribution < -0.4 is 20.1 Å². The van der Waals surface area contributed by atoms with Crippen LogP contribution in [0.5, 0.6) is 11.5 Å². The molecule has 2 amide bonds. The van der Waals surface area contributed by atoms with E-state index in [9.17, 15) is 9.59 Å². The highest BCUT2D eigenvalue weighted by atomic mass is 79.9. The Balaban J connectivity index is 2.53. The second-order valence-corrected chi connectivity index (χ2v) is 6.53. The summed E-state index contributed by atoms with van der Waals surface area (Å²) in [6, 6.07) is 2.53. The predicted octanol–water partition coefficient (Wildman–Crippen LogP) is 3.44. The van der Waals surface area contributed by atoms with Gasteiger partial charge < -0.3 is 24.8 Å². The van der Waals surface area contributed by atoms with Crippen LogP contribution in [0, 0.1) is 0 Å². The number of allylic oxidation sites excluding steroid dienone is 1. The van der Waals surface area contributed by atoms with Crippen molar-refractivity contribution in [2.45, 2.75) is 33.2 Å². The molecule has 142 valence electrons. The molecule has 1 aliphatic heterocycles. The maximum Gasteiger partial charge on any atom is 0.337 e. The molecule has 1 aliphatic rings. The first-order chi connectivity index (χ1) is 12.4. The molecule has 0 unspecified atom stereocenters. The first-order valence-electron chi connectivity index (χ1n) is 8.38. The molecule has 0 radical (unpaired) electrons. The zero-order valence-corrected chi connectivity index (χ0v) is 16.9. The average Bonchev–Trinajstić information content (AvgIpc) is 2.60. The molecule has 0 spiro atoms. The molecule has 0 bridgehead atoms. The Kier molecular flexibility index (Phi) is 6.90. The van der Waals surface area contributed by atoms with E-state index in [0.29, 0.717) is 46.0 Å². The number of hydrogen-bond acceptors (Lipinski definition) is 5. The van der Waals surface area contributed by atoms with Crippen molar-refractivity contribution in [3.05, 3.63) is 33.4 Å². The number of benzene rings is 1. The highest BCUT2D eigenvalue weighted by Crippen LogP contribution is 2.40. The number of ether oxygens (including phenoxy) is 3. The van der Waals surface area contributed by atoms with Crippen molar-refractivity contribution < 1.29 is 23.8 Å². The lowest BCUT2D eigenvalue weighted by molar-refractivity contribution is -0.136. The number of halogens is 1. The molecule has 1 heterocycles. The van der Waals surface area contributed by atoms with E-state index in [-0.39, 0.29) is 6.03 Å². The molecule has 2 rings (SSSR count). The minimum absolute atomic E-state index is 0.337. The van der Waals surface area contributed by atoms with Gasteiger partial charge in [0.2, 0.25) is 0 Å². The molecular weight excluding hydrogens is 404 g/mol. The third-order valence-corrected chi connectivity index (χ3v) is 4.38. The molecule has 1 aromatic carbocycles. The van der Waals surface area contributed by atoms with Gasteiger partial charge in [0.1, 0.15) is 0 Å². The standard InChI is InChI=1S/C18H23BrN2O5/c1-5-7-26-16-12(19)8-11(9-13(16)25-6-2)15-14(17(22)24-4)10(3)20-18(23)21-15/h8-9,15H,5-7H2,1-4H3,(H2,20,21,23)/t15-/m1/s1. The lowest BCUT2D eigenvalue weighted by atomic mass is 9.95. The molecular formula is C18H23BrN2O5. The average molecular weight is 427 g/mol. The lowest BCUT2D eigenvalue weighted by Gasteiger charge is -2.28. The van der Waals surface area contributed by atoms with Crippen molar-refractivity contribution in [2.75, 3.05) is 20.3 Å². The summed E-state index contributed by atoms with van der Waals surface area (Å²) >= 11 is 3.50. The van der Waals surface area contributed by atoms with Gasteiger partial charge in [-0.25, -0.2) is 9.59 Å². The van der Waals surface area contributed by atoms with Crippen LogP contribution in [0.15, 0.2) is 27.9 Å². The number of urea groups is 1. The molecule has 0 saturated heterocycles. The van der Waals surface area contributed by atoms with Gasteiger partial charge in [-0.2, -0.15) is 0 Å². The van der Waals surface area contributed by atoms with Crippen molar-refractivity contribution in [1.29, 1.82) is 0 Å². The molecule has 7 nitrogen and oxygen atoms in total. The quantitative estimate of drug-likeness (QED) is 0.652. The summed E-state index contributed by atoms with van der Waals surface area (Å²) in [4.78, 5) is 24.2. The monoisotopic (exact) mass is 426 g/mol. The first kappa shape index (κ1) is 20.1. The van der Waals surface area contributed by atoms with E-state index in [1.54, 1.807) is 19.1 Å². The van der Waals surface area contributed by atoms with E-state index >= 15 is 0 Å². The van der Waals surface area contributed by atoms with Gasteiger partial charge in [-0.15, -0.1) is 0 Å². The highest BCUT2D eigenvalue weighted by Gasteiger charge is 2.33. The van der Waals surface area contributed by atoms with Crippen LogP contribution in [0.2, 0.25) is 0 Å². The van der Waals surface area contributed by atoms with Gasteiger partial charge in [0.05, 0.1) is 36.4 Å². The topological polar surface area (TPSA) is 85.9 Å². The van der Waals surface area contributed by atoms with Crippen molar-refractivity contribution in [3.8, 4) is 11.5 Å². The predicted molar refractivity (Wildman–Crippen MR) is 100 cm³/mol. The molecule has 0 aliphatic carbocycles. The van der Waals surface area contributed by atoms with Crippen LogP contribution >= 0.6 is 15.9 Å². The highest BCUT2D eigenvalue weighted by molar-refractivity contribution is 9.10. The Bertz CT molecular complexity index is 733. The molecule has 26 heavy (non-hydrogen) atoms. The molecule has 2 N–H and O–H groups in total. The maximum absolute atomic E-state index is 12.2. The second kappa shape index (κ2) is 8.93. The fourth-order valence-electron chi connectivity index (χ4n) is 2.69. The Labute approximate surface area is 161 Å². The zero-order chi connectivity index (χ0) is 19.3. The van der Waals surface area contributed by atoms with E-state index in [4.69, 9.17) is 14.2 Å². The lowest BCUT2D eigenvalue weighted by Crippen LogP contribution is -2.45. The Morgan fingerprint density at radius 3 is 2.62 bits per heavy atom. The number of carbonyl (C=O) groups is 2. The summed E-state index contributed by atoms with van der Waals surface area (Å²) in [5.41, 5.74) is 1.47. The van der Waals surface area contributed by atoms with Crippen LogP contribution in [0.1, 0.15) is 38.8 Å². The maximum atomic E-state index is 12.2. The number of rotatable bonds is 7. The van der Waals surface area contributed by atoms with Crippen molar-refractivity contribution in [2.24, 2.45) is 0 Å². The van der Waals surface area contributed by atoms with Crippen LogP contribution in [-0.4, -0.2) is 32.3 Å². The van der Waals surface area contributed by atoms with E-state index in [2.05, 4.69) is 26.6 Å². The number of carbonyl (C=O) groups excluding carboxylic acids is 2. The molecule has 8 heteroatoms. The fraction of sp³-hybridized carbons (Fsp3) is 0.444. The van der Waals surface area contributed by atoms with Gasteiger partial charge in [-0.05, 0) is 53.9 Å². The Morgan fingerprint density at radius 1 is 1.27 bits per heavy atom. The van der Waals surface area contributed by atoms with E-state index in [1.807, 2.05) is 13.8 Å². The van der Waals surface area contributed by atoms with Gasteiger partial charge in [-0.1, -0.05) is 6.92 Å². The number of hydrogen-bond donors (Lipinski definition) is 2. The second-order valence-electron chi connectivity index (χ2n) is 5.67. The van der Waals surface area contributed by atoms with Crippen LogP contribution in [0.25, 0.3) is 0 Å². The van der Waals surface area contributed by atoms with Gasteiger partial charge in [0.25, 0.3) is 0 Å². The summed E-state index contributed by atoms with van der Waals surface area (Å²) in [6.45, 7) is 6.56. The third-order valence-electron chi connectivity index (χ3n) is 3.79. The molecule has 1 aromatic rings. The SMILES string of the molecule is CCCOc1c(Br)cc([C@H]2NC(=O)NC(C)=C2C(=O)OC)cc1OCC. The number of methoxy groups -OCH3 is 1. The van der Waals surface area contributed by atoms with Crippen molar-refractivity contribution >= 4 is 27.9 Å². The molecule has 1 atom stereocenters. The Morgan fingerprint density at radius 2 is 2.00 bits per heavy atom. The van der Waals surface area contributed by atoms with Crippen molar-refractivity contribution in [1.82, 2.24) is 10.6 Å². The summed E-state index contributed by atoms with van der Waals surface area (Å²) in [5, 5.41) is 5.36. The summed E-state index contributed by atoms with van der Waals surface area (Å²) in [7, 11) is 1.30. The van der Waals surface area contributed by atoms with Crippen LogP contribution in [0.3, 0.4) is 0 Å². The van der Waals surface area contributed by atoms with Crippen molar-refractivity contribution in [3.63, 3.8) is 0 Å².